The number of pyridine rings is 1. The molecule has 1 aromatic carbocycles. The van der Waals surface area contributed by atoms with E-state index in [0.29, 0.717) is 17.4 Å². The van der Waals surface area contributed by atoms with Crippen molar-refractivity contribution >= 4 is 40.1 Å². The number of aromatic nitrogens is 1. The van der Waals surface area contributed by atoms with Crippen LogP contribution < -0.4 is 5.56 Å². The van der Waals surface area contributed by atoms with Gasteiger partial charge in [0.2, 0.25) is 0 Å². The first-order chi connectivity index (χ1) is 9.32. The van der Waals surface area contributed by atoms with E-state index in [-0.39, 0.29) is 27.1 Å². The topological polar surface area (TPSA) is 59.3 Å². The van der Waals surface area contributed by atoms with Gasteiger partial charge < -0.3 is 9.67 Å². The third-order valence-electron chi connectivity index (χ3n) is 2.95. The van der Waals surface area contributed by atoms with Crippen LogP contribution in [0.2, 0.25) is 10.0 Å². The maximum Gasteiger partial charge on any atom is 0.338 e. The lowest BCUT2D eigenvalue weighted by atomic mass is 10.1. The van der Waals surface area contributed by atoms with Crippen molar-refractivity contribution in [1.29, 1.82) is 0 Å². The molecule has 6 heteroatoms. The summed E-state index contributed by atoms with van der Waals surface area (Å²) in [6.07, 6.45) is 0. The highest BCUT2D eigenvalue weighted by molar-refractivity contribution is 6.42. The molecule has 0 aliphatic rings. The average molecular weight is 314 g/mol. The molecule has 0 saturated heterocycles. The fraction of sp³-hybridized carbons (Fsp3) is 0.286. The SMILES string of the molecule is CC(C)Cn1c(=O)ccc2c(Cl)c(C(=O)O)c(Cl)cc21. The van der Waals surface area contributed by atoms with Gasteiger partial charge in [0, 0.05) is 18.0 Å². The van der Waals surface area contributed by atoms with Crippen molar-refractivity contribution in [3.63, 3.8) is 0 Å². The third kappa shape index (κ3) is 2.53. The summed E-state index contributed by atoms with van der Waals surface area (Å²) >= 11 is 12.1. The number of benzene rings is 1. The first-order valence-electron chi connectivity index (χ1n) is 6.07. The number of rotatable bonds is 3. The summed E-state index contributed by atoms with van der Waals surface area (Å²) in [6.45, 7) is 4.48. The lowest BCUT2D eigenvalue weighted by Gasteiger charge is -2.14. The molecule has 2 rings (SSSR count). The Labute approximate surface area is 125 Å². The Morgan fingerprint density at radius 3 is 2.55 bits per heavy atom. The maximum atomic E-state index is 12.0. The number of fused-ring (bicyclic) bond motifs is 1. The van der Waals surface area contributed by atoms with Gasteiger partial charge in [0.1, 0.15) is 0 Å². The highest BCUT2D eigenvalue weighted by atomic mass is 35.5. The summed E-state index contributed by atoms with van der Waals surface area (Å²) in [4.78, 5) is 23.1. The molecule has 0 aliphatic heterocycles. The molecule has 1 heterocycles. The van der Waals surface area contributed by atoms with Gasteiger partial charge in [-0.1, -0.05) is 37.0 Å². The zero-order chi connectivity index (χ0) is 15.0. The second-order valence-corrected chi connectivity index (χ2v) is 5.75. The van der Waals surface area contributed by atoms with Crippen LogP contribution in [-0.4, -0.2) is 15.6 Å². The van der Waals surface area contributed by atoms with Gasteiger partial charge in [-0.05, 0) is 18.1 Å². The highest BCUT2D eigenvalue weighted by Gasteiger charge is 2.19. The van der Waals surface area contributed by atoms with Crippen LogP contribution in [0.25, 0.3) is 10.9 Å². The van der Waals surface area contributed by atoms with Crippen LogP contribution in [0, 0.1) is 5.92 Å². The molecule has 0 radical (unpaired) electrons. The fourth-order valence-corrected chi connectivity index (χ4v) is 2.79. The molecule has 0 saturated carbocycles. The lowest BCUT2D eigenvalue weighted by Crippen LogP contribution is -2.22. The van der Waals surface area contributed by atoms with Gasteiger partial charge in [0.15, 0.2) is 0 Å². The quantitative estimate of drug-likeness (QED) is 0.940. The minimum Gasteiger partial charge on any atom is -0.478 e. The largest absolute Gasteiger partial charge is 0.478 e. The third-order valence-corrected chi connectivity index (χ3v) is 3.64. The standard InChI is InChI=1S/C14H13Cl2NO3/c1-7(2)6-17-10-5-9(15)12(14(19)20)13(16)8(10)3-4-11(17)18/h3-5,7H,6H2,1-2H3,(H,19,20). The van der Waals surface area contributed by atoms with E-state index < -0.39 is 5.97 Å². The summed E-state index contributed by atoms with van der Waals surface area (Å²) < 4.78 is 1.56. The van der Waals surface area contributed by atoms with Crippen LogP contribution in [0.3, 0.4) is 0 Å². The first kappa shape index (κ1) is 14.9. The first-order valence-corrected chi connectivity index (χ1v) is 6.83. The predicted octanol–water partition coefficient (Wildman–Crippen LogP) is 3.66. The summed E-state index contributed by atoms with van der Waals surface area (Å²) in [5.41, 5.74) is 0.239. The Bertz CT molecular complexity index is 750. The van der Waals surface area contributed by atoms with Crippen LogP contribution in [0.4, 0.5) is 0 Å². The highest BCUT2D eigenvalue weighted by Crippen LogP contribution is 2.32. The second-order valence-electron chi connectivity index (χ2n) is 4.96. The van der Waals surface area contributed by atoms with E-state index in [9.17, 15) is 9.59 Å². The Morgan fingerprint density at radius 2 is 2.00 bits per heavy atom. The Kier molecular flexibility index (Phi) is 4.06. The molecular formula is C14H13Cl2NO3. The van der Waals surface area contributed by atoms with Crippen molar-refractivity contribution in [3.8, 4) is 0 Å². The number of aromatic carboxylic acids is 1. The summed E-state index contributed by atoms with van der Waals surface area (Å²) in [5.74, 6) is -0.932. The van der Waals surface area contributed by atoms with Gasteiger partial charge in [0.25, 0.3) is 5.56 Å². The average Bonchev–Trinajstić information content (AvgIpc) is 2.32. The summed E-state index contributed by atoms with van der Waals surface area (Å²) in [6, 6.07) is 4.39. The van der Waals surface area contributed by atoms with Gasteiger partial charge in [-0.25, -0.2) is 4.79 Å². The molecule has 20 heavy (non-hydrogen) atoms. The molecule has 0 unspecified atom stereocenters. The van der Waals surface area contributed by atoms with Gasteiger partial charge in [0.05, 0.1) is 21.1 Å². The molecule has 0 bridgehead atoms. The molecular weight excluding hydrogens is 301 g/mol. The van der Waals surface area contributed by atoms with E-state index in [1.54, 1.807) is 4.57 Å². The molecule has 0 aliphatic carbocycles. The minimum absolute atomic E-state index is 0.0260. The van der Waals surface area contributed by atoms with Crippen molar-refractivity contribution in [2.24, 2.45) is 5.92 Å². The summed E-state index contributed by atoms with van der Waals surface area (Å²) in [5, 5.41) is 9.73. The Morgan fingerprint density at radius 1 is 1.35 bits per heavy atom. The van der Waals surface area contributed by atoms with Crippen LogP contribution in [0.5, 0.6) is 0 Å². The maximum absolute atomic E-state index is 12.0. The molecule has 0 fully saturated rings. The second kappa shape index (κ2) is 5.46. The van der Waals surface area contributed by atoms with Crippen LogP contribution in [-0.2, 0) is 6.54 Å². The van der Waals surface area contributed by atoms with Gasteiger partial charge in [-0.15, -0.1) is 0 Å². The molecule has 0 atom stereocenters. The molecule has 2 aromatic rings. The van der Waals surface area contributed by atoms with E-state index in [0.717, 1.165) is 0 Å². The molecule has 0 spiro atoms. The van der Waals surface area contributed by atoms with Crippen LogP contribution in [0.15, 0.2) is 23.0 Å². The van der Waals surface area contributed by atoms with E-state index in [4.69, 9.17) is 28.3 Å². The lowest BCUT2D eigenvalue weighted by molar-refractivity contribution is 0.0697. The number of carboxylic acid groups (broad SMARTS) is 1. The van der Waals surface area contributed by atoms with E-state index in [2.05, 4.69) is 0 Å². The number of hydrogen-bond acceptors (Lipinski definition) is 2. The van der Waals surface area contributed by atoms with E-state index in [1.807, 2.05) is 13.8 Å². The van der Waals surface area contributed by atoms with Gasteiger partial charge >= 0.3 is 5.97 Å². The number of halogens is 2. The van der Waals surface area contributed by atoms with Crippen LogP contribution in [0.1, 0.15) is 24.2 Å². The van der Waals surface area contributed by atoms with Crippen molar-refractivity contribution in [1.82, 2.24) is 4.57 Å². The fourth-order valence-electron chi connectivity index (χ4n) is 2.12. The minimum atomic E-state index is -1.19. The Balaban J connectivity index is 2.87. The zero-order valence-corrected chi connectivity index (χ0v) is 12.5. The van der Waals surface area contributed by atoms with Crippen LogP contribution >= 0.6 is 23.2 Å². The van der Waals surface area contributed by atoms with Gasteiger partial charge in [-0.2, -0.15) is 0 Å². The molecule has 0 amide bonds. The molecule has 1 N–H and O–H groups in total. The summed E-state index contributed by atoms with van der Waals surface area (Å²) in [7, 11) is 0. The number of nitrogens with zero attached hydrogens (tertiary/aromatic N) is 1. The van der Waals surface area contributed by atoms with E-state index >= 15 is 0 Å². The monoisotopic (exact) mass is 313 g/mol. The van der Waals surface area contributed by atoms with Crippen molar-refractivity contribution in [2.75, 3.05) is 0 Å². The number of carboxylic acids is 1. The molecule has 4 nitrogen and oxygen atoms in total. The normalized spacial score (nSPS) is 11.2. The molecule has 106 valence electrons. The van der Waals surface area contributed by atoms with Gasteiger partial charge in [-0.3, -0.25) is 4.79 Å². The van der Waals surface area contributed by atoms with Crippen molar-refractivity contribution in [2.45, 2.75) is 20.4 Å². The Hall–Kier alpha value is -1.52. The number of carbonyl (C=O) groups is 1. The van der Waals surface area contributed by atoms with E-state index in [1.165, 1.54) is 18.2 Å². The van der Waals surface area contributed by atoms with Crippen molar-refractivity contribution < 1.29 is 9.90 Å². The van der Waals surface area contributed by atoms with Crippen molar-refractivity contribution in [3.05, 3.63) is 44.2 Å². The zero-order valence-electron chi connectivity index (χ0n) is 11.0. The smallest absolute Gasteiger partial charge is 0.338 e. The molecule has 1 aromatic heterocycles. The predicted molar refractivity (Wildman–Crippen MR) is 80.0 cm³/mol. The number of hydrogen-bond donors (Lipinski definition) is 1.